The van der Waals surface area contributed by atoms with E-state index in [1.165, 1.54) is 18.3 Å². The van der Waals surface area contributed by atoms with Gasteiger partial charge in [0.1, 0.15) is 12.4 Å². The third-order valence-electron chi connectivity index (χ3n) is 5.02. The van der Waals surface area contributed by atoms with Crippen molar-refractivity contribution in [3.05, 3.63) is 120 Å². The van der Waals surface area contributed by atoms with Gasteiger partial charge in [-0.1, -0.05) is 52.3 Å². The molecule has 0 saturated heterocycles. The van der Waals surface area contributed by atoms with E-state index in [4.69, 9.17) is 4.74 Å². The molecule has 182 valence electrons. The molecule has 1 amide bonds. The van der Waals surface area contributed by atoms with Gasteiger partial charge in [0.25, 0.3) is 11.6 Å². The molecule has 0 aliphatic rings. The number of carbonyl (C=O) groups is 1. The number of nitrogens with zero attached hydrogens (tertiary/aromatic N) is 4. The number of hydrogen-bond acceptors (Lipinski definition) is 6. The van der Waals surface area contributed by atoms with E-state index in [0.717, 1.165) is 15.6 Å². The van der Waals surface area contributed by atoms with E-state index in [1.54, 1.807) is 23.0 Å². The number of benzene rings is 3. The molecular formula is C25H19Br2N5O4. The summed E-state index contributed by atoms with van der Waals surface area (Å²) in [5, 5.41) is 19.2. The molecule has 0 atom stereocenters. The Morgan fingerprint density at radius 1 is 1.06 bits per heavy atom. The van der Waals surface area contributed by atoms with E-state index in [9.17, 15) is 14.9 Å². The van der Waals surface area contributed by atoms with Crippen molar-refractivity contribution in [3.63, 3.8) is 0 Å². The van der Waals surface area contributed by atoms with Gasteiger partial charge in [0.05, 0.1) is 22.2 Å². The molecule has 0 fully saturated rings. The average Bonchev–Trinajstić information content (AvgIpc) is 3.24. The molecule has 1 aromatic heterocycles. The maximum absolute atomic E-state index is 12.6. The molecule has 36 heavy (non-hydrogen) atoms. The summed E-state index contributed by atoms with van der Waals surface area (Å²) in [6, 6.07) is 21.4. The number of hydrazone groups is 1. The van der Waals surface area contributed by atoms with E-state index >= 15 is 0 Å². The predicted octanol–water partition coefficient (Wildman–Crippen LogP) is 5.71. The number of halogens is 2. The average molecular weight is 613 g/mol. The van der Waals surface area contributed by atoms with Gasteiger partial charge in [-0.25, -0.2) is 5.43 Å². The molecule has 0 aliphatic heterocycles. The molecule has 0 unspecified atom stereocenters. The molecule has 0 radical (unpaired) electrons. The first kappa shape index (κ1) is 25.3. The van der Waals surface area contributed by atoms with Gasteiger partial charge in [-0.2, -0.15) is 10.2 Å². The first-order valence-corrected chi connectivity index (χ1v) is 12.2. The number of ether oxygens (including phenoxy) is 1. The van der Waals surface area contributed by atoms with Crippen LogP contribution in [0.2, 0.25) is 0 Å². The maximum Gasteiger partial charge on any atom is 0.293 e. The summed E-state index contributed by atoms with van der Waals surface area (Å²) in [6.07, 6.45) is 3.17. The molecule has 0 aliphatic carbocycles. The van der Waals surface area contributed by atoms with E-state index < -0.39 is 10.8 Å². The summed E-state index contributed by atoms with van der Waals surface area (Å²) in [7, 11) is 0. The molecule has 11 heteroatoms. The van der Waals surface area contributed by atoms with Gasteiger partial charge in [0.2, 0.25) is 0 Å². The fourth-order valence-electron chi connectivity index (χ4n) is 3.22. The van der Waals surface area contributed by atoms with Crippen molar-refractivity contribution in [2.24, 2.45) is 5.10 Å². The molecule has 0 saturated carbocycles. The van der Waals surface area contributed by atoms with Gasteiger partial charge in [0.15, 0.2) is 5.69 Å². The Balaban J connectivity index is 1.37. The summed E-state index contributed by atoms with van der Waals surface area (Å²) in [5.41, 5.74) is 5.19. The molecule has 9 nitrogen and oxygen atoms in total. The van der Waals surface area contributed by atoms with E-state index in [0.29, 0.717) is 28.9 Å². The molecule has 3 aromatic carbocycles. The van der Waals surface area contributed by atoms with Crippen LogP contribution in [0.4, 0.5) is 5.69 Å². The van der Waals surface area contributed by atoms with Crippen molar-refractivity contribution < 1.29 is 14.5 Å². The Hall–Kier alpha value is -3.83. The Labute approximate surface area is 223 Å². The van der Waals surface area contributed by atoms with Crippen LogP contribution in [-0.4, -0.2) is 26.8 Å². The number of carbonyl (C=O) groups excluding carboxylic acids is 1. The predicted molar refractivity (Wildman–Crippen MR) is 142 cm³/mol. The van der Waals surface area contributed by atoms with Gasteiger partial charge in [-0.05, 0) is 51.3 Å². The zero-order valence-electron chi connectivity index (χ0n) is 18.7. The largest absolute Gasteiger partial charge is 0.488 e. The Morgan fingerprint density at radius 3 is 2.47 bits per heavy atom. The summed E-state index contributed by atoms with van der Waals surface area (Å²) in [6.45, 7) is 0.736. The lowest BCUT2D eigenvalue weighted by molar-refractivity contribution is -0.384. The number of rotatable bonds is 9. The lowest BCUT2D eigenvalue weighted by Crippen LogP contribution is -2.19. The monoisotopic (exact) mass is 611 g/mol. The first-order chi connectivity index (χ1) is 17.4. The van der Waals surface area contributed by atoms with Crippen LogP contribution in [-0.2, 0) is 13.2 Å². The normalized spacial score (nSPS) is 10.9. The summed E-state index contributed by atoms with van der Waals surface area (Å²) >= 11 is 6.76. The third-order valence-corrected chi connectivity index (χ3v) is 6.13. The fourth-order valence-corrected chi connectivity index (χ4v) is 3.98. The number of nitro groups is 1. The number of aromatic nitrogens is 2. The highest BCUT2D eigenvalue weighted by Gasteiger charge is 2.15. The van der Waals surface area contributed by atoms with Crippen molar-refractivity contribution in [1.82, 2.24) is 15.2 Å². The Bertz CT molecular complexity index is 1400. The van der Waals surface area contributed by atoms with Gasteiger partial charge < -0.3 is 4.74 Å². The van der Waals surface area contributed by atoms with Gasteiger partial charge >= 0.3 is 0 Å². The molecule has 1 N–H and O–H groups in total. The minimum Gasteiger partial charge on any atom is -0.488 e. The quantitative estimate of drug-likeness (QED) is 0.148. The van der Waals surface area contributed by atoms with Crippen LogP contribution in [0, 0.1) is 10.1 Å². The number of nitro benzene ring substituents is 1. The first-order valence-electron chi connectivity index (χ1n) is 10.6. The number of para-hydroxylation sites is 1. The Kier molecular flexibility index (Phi) is 8.24. The highest BCUT2D eigenvalue weighted by molar-refractivity contribution is 9.10. The second kappa shape index (κ2) is 11.7. The molecule has 1 heterocycles. The minimum absolute atomic E-state index is 0.0126. The topological polar surface area (TPSA) is 112 Å². The molecular weight excluding hydrogens is 594 g/mol. The van der Waals surface area contributed by atoms with E-state index in [1.807, 2.05) is 48.5 Å². The SMILES string of the molecule is O=C(N/N=C\c1ccccc1OCc1ccc(Br)cc1)c1nn(Cc2ccc([N+](=O)[O-])cc2)cc1Br. The summed E-state index contributed by atoms with van der Waals surface area (Å²) in [5.74, 6) is 0.140. The number of amides is 1. The standard InChI is InChI=1S/C25H19Br2N5O4/c26-20-9-5-18(6-10-20)16-36-23-4-2-1-3-19(23)13-28-29-25(33)24-22(27)15-31(30-24)14-17-7-11-21(12-8-17)32(34)35/h1-13,15H,14,16H2,(H,29,33)/b28-13-. The van der Waals surface area contributed by atoms with Crippen LogP contribution in [0.15, 0.2) is 93.0 Å². The van der Waals surface area contributed by atoms with Gasteiger partial charge in [-0.15, -0.1) is 0 Å². The number of hydrogen-bond donors (Lipinski definition) is 1. The number of non-ortho nitro benzene ring substituents is 1. The molecule has 4 rings (SSSR count). The van der Waals surface area contributed by atoms with Crippen LogP contribution in [0.3, 0.4) is 0 Å². The third kappa shape index (κ3) is 6.64. The minimum atomic E-state index is -0.492. The van der Waals surface area contributed by atoms with Crippen molar-refractivity contribution in [2.75, 3.05) is 0 Å². The molecule has 4 aromatic rings. The second-order valence-electron chi connectivity index (χ2n) is 7.60. The van der Waals surface area contributed by atoms with Crippen LogP contribution in [0.5, 0.6) is 5.75 Å². The Morgan fingerprint density at radius 2 is 1.75 bits per heavy atom. The van der Waals surface area contributed by atoms with Gasteiger partial charge in [-0.3, -0.25) is 19.6 Å². The van der Waals surface area contributed by atoms with Gasteiger partial charge in [0, 0.05) is 28.4 Å². The lowest BCUT2D eigenvalue weighted by atomic mass is 10.2. The smallest absolute Gasteiger partial charge is 0.293 e. The highest BCUT2D eigenvalue weighted by Crippen LogP contribution is 2.20. The van der Waals surface area contributed by atoms with Crippen molar-refractivity contribution in [2.45, 2.75) is 13.2 Å². The zero-order valence-corrected chi connectivity index (χ0v) is 21.8. The summed E-state index contributed by atoms with van der Waals surface area (Å²) in [4.78, 5) is 23.0. The highest BCUT2D eigenvalue weighted by atomic mass is 79.9. The van der Waals surface area contributed by atoms with Crippen LogP contribution >= 0.6 is 31.9 Å². The van der Waals surface area contributed by atoms with E-state index in [2.05, 4.69) is 47.5 Å². The van der Waals surface area contributed by atoms with Crippen molar-refractivity contribution in [1.29, 1.82) is 0 Å². The van der Waals surface area contributed by atoms with Crippen LogP contribution in [0.25, 0.3) is 0 Å². The summed E-state index contributed by atoms with van der Waals surface area (Å²) < 4.78 is 8.98. The van der Waals surface area contributed by atoms with Crippen LogP contribution in [0.1, 0.15) is 27.2 Å². The maximum atomic E-state index is 12.6. The van der Waals surface area contributed by atoms with E-state index in [-0.39, 0.29) is 11.4 Å². The van der Waals surface area contributed by atoms with Crippen molar-refractivity contribution >= 4 is 49.7 Å². The lowest BCUT2D eigenvalue weighted by Gasteiger charge is -2.09. The molecule has 0 spiro atoms. The van der Waals surface area contributed by atoms with Crippen molar-refractivity contribution in [3.8, 4) is 5.75 Å². The van der Waals surface area contributed by atoms with Crippen LogP contribution < -0.4 is 10.2 Å². The fraction of sp³-hybridized carbons (Fsp3) is 0.0800. The number of nitrogens with one attached hydrogen (secondary N) is 1. The zero-order chi connectivity index (χ0) is 25.5. The second-order valence-corrected chi connectivity index (χ2v) is 9.37. The molecule has 0 bridgehead atoms.